The zero-order valence-corrected chi connectivity index (χ0v) is 13.4. The summed E-state index contributed by atoms with van der Waals surface area (Å²) >= 11 is 1.15. The van der Waals surface area contributed by atoms with Crippen LogP contribution < -0.4 is 5.73 Å². The molecule has 0 unspecified atom stereocenters. The highest BCUT2D eigenvalue weighted by atomic mass is 32.2. The van der Waals surface area contributed by atoms with Crippen LogP contribution in [0.25, 0.3) is 0 Å². The minimum absolute atomic E-state index is 0.303. The average molecular weight is 307 g/mol. The van der Waals surface area contributed by atoms with Crippen molar-refractivity contribution in [3.05, 3.63) is 28.8 Å². The summed E-state index contributed by atoms with van der Waals surface area (Å²) in [5, 5.41) is 0. The van der Waals surface area contributed by atoms with E-state index in [1.807, 2.05) is 13.8 Å². The van der Waals surface area contributed by atoms with Crippen molar-refractivity contribution in [1.29, 1.82) is 0 Å². The second kappa shape index (κ2) is 9.29. The second-order valence-corrected chi connectivity index (χ2v) is 5.08. The molecule has 0 radical (unpaired) electrons. The highest BCUT2D eigenvalue weighted by Gasteiger charge is 2.35. The molecule has 0 saturated carbocycles. The van der Waals surface area contributed by atoms with Crippen molar-refractivity contribution < 1.29 is 13.2 Å². The fourth-order valence-electron chi connectivity index (χ4n) is 1.97. The summed E-state index contributed by atoms with van der Waals surface area (Å²) in [6.45, 7) is 6.14. The average Bonchev–Trinajstić information content (AvgIpc) is 2.39. The number of aryl methyl sites for hydroxylation is 2. The standard InChI is InChI=1S/C13H18F3NS.C2H6/c1-9-7-10(5-3-4-6-17)8-11(18-2)12(9)13(14,15)16;1-2/h7-8H,3-6,17H2,1-2H3;1-2H3. The topological polar surface area (TPSA) is 26.0 Å². The van der Waals surface area contributed by atoms with Crippen molar-refractivity contribution in [1.82, 2.24) is 0 Å². The summed E-state index contributed by atoms with van der Waals surface area (Å²) in [5.74, 6) is 0. The van der Waals surface area contributed by atoms with Crippen LogP contribution in [0.4, 0.5) is 13.2 Å². The van der Waals surface area contributed by atoms with E-state index >= 15 is 0 Å². The van der Waals surface area contributed by atoms with Gasteiger partial charge in [0, 0.05) is 4.90 Å². The van der Waals surface area contributed by atoms with Gasteiger partial charge in [0.05, 0.1) is 5.56 Å². The van der Waals surface area contributed by atoms with Crippen LogP contribution in [0, 0.1) is 6.92 Å². The minimum Gasteiger partial charge on any atom is -0.330 e. The SMILES string of the molecule is CC.CSc1cc(CCCCN)cc(C)c1C(F)(F)F. The fraction of sp³-hybridized carbons (Fsp3) is 0.600. The van der Waals surface area contributed by atoms with Crippen LogP contribution in [0.5, 0.6) is 0 Å². The molecule has 1 nitrogen and oxygen atoms in total. The Morgan fingerprint density at radius 1 is 1.15 bits per heavy atom. The van der Waals surface area contributed by atoms with Crippen LogP contribution >= 0.6 is 11.8 Å². The summed E-state index contributed by atoms with van der Waals surface area (Å²) in [6, 6.07) is 3.29. The third-order valence-corrected chi connectivity index (χ3v) is 3.54. The van der Waals surface area contributed by atoms with Crippen LogP contribution in [-0.2, 0) is 12.6 Å². The zero-order valence-electron chi connectivity index (χ0n) is 12.6. The number of hydrogen-bond donors (Lipinski definition) is 1. The molecule has 5 heteroatoms. The van der Waals surface area contributed by atoms with E-state index in [0.29, 0.717) is 17.0 Å². The Balaban J connectivity index is 0.00000172. The molecule has 2 N–H and O–H groups in total. The van der Waals surface area contributed by atoms with E-state index in [2.05, 4.69) is 0 Å². The van der Waals surface area contributed by atoms with Crippen molar-refractivity contribution >= 4 is 11.8 Å². The second-order valence-electron chi connectivity index (χ2n) is 4.23. The van der Waals surface area contributed by atoms with E-state index in [-0.39, 0.29) is 0 Å². The summed E-state index contributed by atoms with van der Waals surface area (Å²) in [7, 11) is 0. The highest BCUT2D eigenvalue weighted by Crippen LogP contribution is 2.39. The predicted octanol–water partition coefficient (Wildman–Crippen LogP) is 5.04. The van der Waals surface area contributed by atoms with E-state index in [0.717, 1.165) is 36.6 Å². The molecule has 1 aromatic rings. The molecule has 20 heavy (non-hydrogen) atoms. The van der Waals surface area contributed by atoms with Gasteiger partial charge in [-0.3, -0.25) is 0 Å². The van der Waals surface area contributed by atoms with Gasteiger partial charge in [-0.15, -0.1) is 11.8 Å². The van der Waals surface area contributed by atoms with Crippen LogP contribution in [0.2, 0.25) is 0 Å². The number of alkyl halides is 3. The molecule has 0 aromatic heterocycles. The Hall–Kier alpha value is -0.680. The molecule has 0 bridgehead atoms. The Bertz CT molecular complexity index is 403. The van der Waals surface area contributed by atoms with Gasteiger partial charge in [-0.05, 0) is 56.2 Å². The van der Waals surface area contributed by atoms with Gasteiger partial charge in [-0.1, -0.05) is 19.9 Å². The van der Waals surface area contributed by atoms with Crippen LogP contribution in [0.15, 0.2) is 17.0 Å². The van der Waals surface area contributed by atoms with Gasteiger partial charge in [0.25, 0.3) is 0 Å². The van der Waals surface area contributed by atoms with Gasteiger partial charge in [0.1, 0.15) is 0 Å². The number of nitrogens with two attached hydrogens (primary N) is 1. The first-order valence-electron chi connectivity index (χ1n) is 6.85. The third-order valence-electron chi connectivity index (χ3n) is 2.78. The first-order valence-corrected chi connectivity index (χ1v) is 8.07. The quantitative estimate of drug-likeness (QED) is 0.609. The predicted molar refractivity (Wildman–Crippen MR) is 81.3 cm³/mol. The van der Waals surface area contributed by atoms with Crippen molar-refractivity contribution in [3.63, 3.8) is 0 Å². The molecule has 0 amide bonds. The number of unbranched alkanes of at least 4 members (excludes halogenated alkanes) is 1. The molecule has 0 heterocycles. The van der Waals surface area contributed by atoms with Crippen LogP contribution in [0.3, 0.4) is 0 Å². The number of hydrogen-bond acceptors (Lipinski definition) is 2. The van der Waals surface area contributed by atoms with Crippen molar-refractivity contribution in [2.75, 3.05) is 12.8 Å². The van der Waals surface area contributed by atoms with Crippen LogP contribution in [0.1, 0.15) is 43.4 Å². The Morgan fingerprint density at radius 2 is 1.75 bits per heavy atom. The molecule has 0 aliphatic carbocycles. The monoisotopic (exact) mass is 307 g/mol. The van der Waals surface area contributed by atoms with E-state index in [1.54, 1.807) is 18.4 Å². The Morgan fingerprint density at radius 3 is 2.20 bits per heavy atom. The van der Waals surface area contributed by atoms with Gasteiger partial charge in [0.15, 0.2) is 0 Å². The minimum atomic E-state index is -4.28. The van der Waals surface area contributed by atoms with Gasteiger partial charge < -0.3 is 5.73 Å². The molecular weight excluding hydrogens is 283 g/mol. The van der Waals surface area contributed by atoms with Crippen molar-refractivity contribution in [2.45, 2.75) is 51.1 Å². The molecule has 0 fully saturated rings. The van der Waals surface area contributed by atoms with Gasteiger partial charge in [-0.25, -0.2) is 0 Å². The molecular formula is C15H24F3NS. The maximum atomic E-state index is 12.9. The van der Waals surface area contributed by atoms with E-state index in [4.69, 9.17) is 5.73 Å². The maximum Gasteiger partial charge on any atom is 0.417 e. The van der Waals surface area contributed by atoms with Crippen molar-refractivity contribution in [3.8, 4) is 0 Å². The molecule has 0 spiro atoms. The molecule has 0 aliphatic rings. The Kier molecular flexibility index (Phi) is 8.98. The largest absolute Gasteiger partial charge is 0.417 e. The summed E-state index contributed by atoms with van der Waals surface area (Å²) in [6.07, 6.45) is -0.0145. The molecule has 0 saturated heterocycles. The normalized spacial score (nSPS) is 11.0. The lowest BCUT2D eigenvalue weighted by molar-refractivity contribution is -0.140. The molecule has 0 aliphatic heterocycles. The maximum absolute atomic E-state index is 12.9. The third kappa shape index (κ3) is 5.75. The van der Waals surface area contributed by atoms with E-state index in [1.165, 1.54) is 6.92 Å². The number of halogens is 3. The first-order chi connectivity index (χ1) is 9.40. The highest BCUT2D eigenvalue weighted by molar-refractivity contribution is 7.98. The number of rotatable bonds is 5. The molecule has 116 valence electrons. The molecule has 0 atom stereocenters. The van der Waals surface area contributed by atoms with Crippen molar-refractivity contribution in [2.24, 2.45) is 5.73 Å². The van der Waals surface area contributed by atoms with Crippen LogP contribution in [-0.4, -0.2) is 12.8 Å². The number of benzene rings is 1. The lowest BCUT2D eigenvalue weighted by atomic mass is 10.0. The number of thioether (sulfide) groups is 1. The molecule has 1 aromatic carbocycles. The smallest absolute Gasteiger partial charge is 0.330 e. The first kappa shape index (κ1) is 19.3. The lowest BCUT2D eigenvalue weighted by Crippen LogP contribution is -2.10. The zero-order chi connectivity index (χ0) is 15.8. The fourth-order valence-corrected chi connectivity index (χ4v) is 2.72. The van der Waals surface area contributed by atoms with E-state index < -0.39 is 11.7 Å². The van der Waals surface area contributed by atoms with Gasteiger partial charge >= 0.3 is 6.18 Å². The summed E-state index contributed by atoms with van der Waals surface area (Å²) in [5.41, 5.74) is 6.16. The summed E-state index contributed by atoms with van der Waals surface area (Å²) in [4.78, 5) is 0.310. The van der Waals surface area contributed by atoms with Gasteiger partial charge in [0.2, 0.25) is 0 Å². The lowest BCUT2D eigenvalue weighted by Gasteiger charge is -2.16. The van der Waals surface area contributed by atoms with E-state index in [9.17, 15) is 13.2 Å². The summed E-state index contributed by atoms with van der Waals surface area (Å²) < 4.78 is 38.7. The van der Waals surface area contributed by atoms with Gasteiger partial charge in [-0.2, -0.15) is 13.2 Å². The molecule has 1 rings (SSSR count). The Labute approximate surface area is 124 Å².